The first kappa shape index (κ1) is 18.5. The molecular weight excluding hydrogens is 328 g/mol. The molecule has 7 heteroatoms. The third-order valence-corrected chi connectivity index (χ3v) is 3.39. The Hall–Kier alpha value is -2.83. The first-order chi connectivity index (χ1) is 12.1. The van der Waals surface area contributed by atoms with Gasteiger partial charge in [-0.2, -0.15) is 0 Å². The van der Waals surface area contributed by atoms with Crippen molar-refractivity contribution in [1.82, 2.24) is 10.6 Å². The molecule has 0 saturated heterocycles. The Bertz CT molecular complexity index is 706. The standard InChI is InChI=1S/C18H21F2N3O2/c1-21-18(23-12-13-3-6-15(24-2)7-4-13)22-9-10-25-17-8-5-14(19)11-16(17)20/h3-8,11H,9-10,12H2,1-2H3,(H2,21,22,23). The van der Waals surface area contributed by atoms with Crippen LogP contribution in [0, 0.1) is 11.6 Å². The van der Waals surface area contributed by atoms with Crippen LogP contribution < -0.4 is 20.1 Å². The molecule has 0 bridgehead atoms. The highest BCUT2D eigenvalue weighted by Gasteiger charge is 2.05. The second kappa shape index (κ2) is 9.46. The Kier molecular flexibility index (Phi) is 7.00. The van der Waals surface area contributed by atoms with Crippen LogP contribution in [0.5, 0.6) is 11.5 Å². The smallest absolute Gasteiger partial charge is 0.191 e. The van der Waals surface area contributed by atoms with E-state index in [0.29, 0.717) is 19.0 Å². The number of nitrogens with one attached hydrogen (secondary N) is 2. The first-order valence-corrected chi connectivity index (χ1v) is 7.77. The lowest BCUT2D eigenvalue weighted by Gasteiger charge is -2.13. The normalized spacial score (nSPS) is 11.1. The molecule has 0 heterocycles. The highest BCUT2D eigenvalue weighted by molar-refractivity contribution is 5.79. The quantitative estimate of drug-likeness (QED) is 0.458. The van der Waals surface area contributed by atoms with Gasteiger partial charge in [-0.05, 0) is 29.8 Å². The molecule has 0 atom stereocenters. The number of hydrogen-bond donors (Lipinski definition) is 2. The maximum Gasteiger partial charge on any atom is 0.191 e. The lowest BCUT2D eigenvalue weighted by Crippen LogP contribution is -2.38. The van der Waals surface area contributed by atoms with Gasteiger partial charge in [-0.15, -0.1) is 0 Å². The van der Waals surface area contributed by atoms with Crippen molar-refractivity contribution in [3.63, 3.8) is 0 Å². The molecule has 0 aliphatic carbocycles. The fourth-order valence-electron chi connectivity index (χ4n) is 2.07. The van der Waals surface area contributed by atoms with Crippen LogP contribution >= 0.6 is 0 Å². The lowest BCUT2D eigenvalue weighted by atomic mass is 10.2. The van der Waals surface area contributed by atoms with Crippen molar-refractivity contribution < 1.29 is 18.3 Å². The Morgan fingerprint density at radius 2 is 1.84 bits per heavy atom. The molecule has 0 spiro atoms. The third-order valence-electron chi connectivity index (χ3n) is 3.39. The van der Waals surface area contributed by atoms with Crippen molar-refractivity contribution in [1.29, 1.82) is 0 Å². The zero-order valence-electron chi connectivity index (χ0n) is 14.2. The minimum Gasteiger partial charge on any atom is -0.497 e. The number of guanidine groups is 1. The summed E-state index contributed by atoms with van der Waals surface area (Å²) in [5.74, 6) is 0.0629. The molecule has 0 aliphatic rings. The first-order valence-electron chi connectivity index (χ1n) is 7.77. The predicted molar refractivity (Wildman–Crippen MR) is 93.0 cm³/mol. The van der Waals surface area contributed by atoms with Crippen molar-refractivity contribution in [3.05, 3.63) is 59.7 Å². The topological polar surface area (TPSA) is 54.9 Å². The number of ether oxygens (including phenoxy) is 2. The monoisotopic (exact) mass is 349 g/mol. The van der Waals surface area contributed by atoms with E-state index in [0.717, 1.165) is 23.4 Å². The second-order valence-electron chi connectivity index (χ2n) is 5.12. The van der Waals surface area contributed by atoms with Crippen LogP contribution in [0.2, 0.25) is 0 Å². The molecule has 25 heavy (non-hydrogen) atoms. The number of benzene rings is 2. The van der Waals surface area contributed by atoms with E-state index in [9.17, 15) is 8.78 Å². The molecule has 0 aromatic heterocycles. The molecule has 0 saturated carbocycles. The fourth-order valence-corrected chi connectivity index (χ4v) is 2.07. The van der Waals surface area contributed by atoms with Crippen molar-refractivity contribution in [2.75, 3.05) is 27.3 Å². The Balaban J connectivity index is 1.72. The largest absolute Gasteiger partial charge is 0.497 e. The van der Waals surface area contributed by atoms with Gasteiger partial charge in [0.05, 0.1) is 13.7 Å². The van der Waals surface area contributed by atoms with E-state index in [1.807, 2.05) is 24.3 Å². The third kappa shape index (κ3) is 5.95. The van der Waals surface area contributed by atoms with Gasteiger partial charge in [0.1, 0.15) is 18.2 Å². The number of hydrogen-bond acceptors (Lipinski definition) is 3. The van der Waals surface area contributed by atoms with Crippen molar-refractivity contribution in [2.24, 2.45) is 4.99 Å². The van der Waals surface area contributed by atoms with Gasteiger partial charge in [0, 0.05) is 19.7 Å². The SMILES string of the molecule is CN=C(NCCOc1ccc(F)cc1F)NCc1ccc(OC)cc1. The number of aliphatic imine (C=N–C) groups is 1. The minimum absolute atomic E-state index is 0.0179. The predicted octanol–water partition coefficient (Wildman–Crippen LogP) is 2.72. The van der Waals surface area contributed by atoms with Crippen LogP contribution in [-0.2, 0) is 6.54 Å². The summed E-state index contributed by atoms with van der Waals surface area (Å²) in [5, 5.41) is 6.22. The molecule has 2 aromatic carbocycles. The zero-order valence-corrected chi connectivity index (χ0v) is 14.2. The second-order valence-corrected chi connectivity index (χ2v) is 5.12. The Morgan fingerprint density at radius 3 is 2.48 bits per heavy atom. The van der Waals surface area contributed by atoms with E-state index in [1.54, 1.807) is 14.2 Å². The van der Waals surface area contributed by atoms with Gasteiger partial charge in [0.15, 0.2) is 17.5 Å². The lowest BCUT2D eigenvalue weighted by molar-refractivity contribution is 0.304. The molecular formula is C18H21F2N3O2. The molecule has 134 valence electrons. The molecule has 0 unspecified atom stereocenters. The average molecular weight is 349 g/mol. The highest BCUT2D eigenvalue weighted by atomic mass is 19.1. The number of nitrogens with zero attached hydrogens (tertiary/aromatic N) is 1. The van der Waals surface area contributed by atoms with Gasteiger partial charge in [0.2, 0.25) is 0 Å². The maximum atomic E-state index is 13.4. The summed E-state index contributed by atoms with van der Waals surface area (Å²) in [6.07, 6.45) is 0. The van der Waals surface area contributed by atoms with Crippen LogP contribution in [0.1, 0.15) is 5.56 Å². The molecule has 2 rings (SSSR count). The van der Waals surface area contributed by atoms with Crippen LogP contribution in [0.3, 0.4) is 0 Å². The van der Waals surface area contributed by atoms with Gasteiger partial charge < -0.3 is 20.1 Å². The zero-order chi connectivity index (χ0) is 18.1. The van der Waals surface area contributed by atoms with Crippen molar-refractivity contribution in [3.8, 4) is 11.5 Å². The van der Waals surface area contributed by atoms with E-state index in [1.165, 1.54) is 6.07 Å². The van der Waals surface area contributed by atoms with E-state index in [-0.39, 0.29) is 12.4 Å². The summed E-state index contributed by atoms with van der Waals surface area (Å²) in [6.45, 7) is 1.22. The minimum atomic E-state index is -0.720. The van der Waals surface area contributed by atoms with Crippen LogP contribution in [-0.4, -0.2) is 33.3 Å². The Morgan fingerprint density at radius 1 is 1.08 bits per heavy atom. The van der Waals surface area contributed by atoms with E-state index in [4.69, 9.17) is 9.47 Å². The Labute approximate surface area is 145 Å². The van der Waals surface area contributed by atoms with Crippen LogP contribution in [0.25, 0.3) is 0 Å². The number of rotatable bonds is 7. The van der Waals surface area contributed by atoms with Gasteiger partial charge in [-0.3, -0.25) is 4.99 Å². The number of methoxy groups -OCH3 is 1. The summed E-state index contributed by atoms with van der Waals surface area (Å²) >= 11 is 0. The van der Waals surface area contributed by atoms with Crippen molar-refractivity contribution >= 4 is 5.96 Å². The summed E-state index contributed by atoms with van der Waals surface area (Å²) in [6, 6.07) is 10.9. The van der Waals surface area contributed by atoms with E-state index >= 15 is 0 Å². The van der Waals surface area contributed by atoms with E-state index in [2.05, 4.69) is 15.6 Å². The van der Waals surface area contributed by atoms with E-state index < -0.39 is 11.6 Å². The molecule has 5 nitrogen and oxygen atoms in total. The molecule has 0 amide bonds. The average Bonchev–Trinajstić information content (AvgIpc) is 2.63. The summed E-state index contributed by atoms with van der Waals surface area (Å²) in [4.78, 5) is 4.10. The molecule has 0 radical (unpaired) electrons. The maximum absolute atomic E-state index is 13.4. The van der Waals surface area contributed by atoms with Gasteiger partial charge in [-0.25, -0.2) is 8.78 Å². The highest BCUT2D eigenvalue weighted by Crippen LogP contribution is 2.17. The summed E-state index contributed by atoms with van der Waals surface area (Å²) < 4.78 is 36.6. The summed E-state index contributed by atoms with van der Waals surface area (Å²) in [7, 11) is 3.28. The molecule has 0 fully saturated rings. The van der Waals surface area contributed by atoms with Gasteiger partial charge >= 0.3 is 0 Å². The number of halogens is 2. The van der Waals surface area contributed by atoms with Crippen LogP contribution in [0.4, 0.5) is 8.78 Å². The van der Waals surface area contributed by atoms with Crippen molar-refractivity contribution in [2.45, 2.75) is 6.54 Å². The van der Waals surface area contributed by atoms with Gasteiger partial charge in [0.25, 0.3) is 0 Å². The molecule has 2 aromatic rings. The molecule has 0 aliphatic heterocycles. The fraction of sp³-hybridized carbons (Fsp3) is 0.278. The summed E-state index contributed by atoms with van der Waals surface area (Å²) in [5.41, 5.74) is 1.08. The molecule has 2 N–H and O–H groups in total. The van der Waals surface area contributed by atoms with Gasteiger partial charge in [-0.1, -0.05) is 12.1 Å². The van der Waals surface area contributed by atoms with Crippen LogP contribution in [0.15, 0.2) is 47.5 Å².